The minimum atomic E-state index is -0.295. The summed E-state index contributed by atoms with van der Waals surface area (Å²) < 4.78 is 13.4. The van der Waals surface area contributed by atoms with E-state index in [1.54, 1.807) is 18.2 Å². The van der Waals surface area contributed by atoms with Crippen molar-refractivity contribution in [1.29, 1.82) is 0 Å². The molecule has 0 saturated carbocycles. The van der Waals surface area contributed by atoms with E-state index in [4.69, 9.17) is 0 Å². The lowest BCUT2D eigenvalue weighted by atomic mass is 10.0. The molecule has 2 rings (SSSR count). The highest BCUT2D eigenvalue weighted by Gasteiger charge is 2.04. The number of hydrogen-bond donors (Lipinski definition) is 2. The number of hydrogen-bond acceptors (Lipinski definition) is 2. The fourth-order valence-corrected chi connectivity index (χ4v) is 2.23. The summed E-state index contributed by atoms with van der Waals surface area (Å²) in [6.07, 6.45) is 0.348. The predicted octanol–water partition coefficient (Wildman–Crippen LogP) is 4.07. The second kappa shape index (κ2) is 8.32. The van der Waals surface area contributed by atoms with Crippen LogP contribution in [0.3, 0.4) is 0 Å². The van der Waals surface area contributed by atoms with Gasteiger partial charge in [-0.2, -0.15) is 0 Å². The molecule has 0 spiro atoms. The minimum Gasteiger partial charge on any atom is -0.385 e. The third-order valence-corrected chi connectivity index (χ3v) is 3.69. The van der Waals surface area contributed by atoms with Crippen LogP contribution in [0.15, 0.2) is 48.5 Å². The maximum absolute atomic E-state index is 13.4. The van der Waals surface area contributed by atoms with Gasteiger partial charge in [0, 0.05) is 30.8 Å². The van der Waals surface area contributed by atoms with Crippen molar-refractivity contribution in [2.24, 2.45) is 0 Å². The topological polar surface area (TPSA) is 41.1 Å². The Morgan fingerprint density at radius 2 is 1.78 bits per heavy atom. The van der Waals surface area contributed by atoms with Crippen molar-refractivity contribution in [3.63, 3.8) is 0 Å². The predicted molar refractivity (Wildman–Crippen MR) is 91.9 cm³/mol. The molecule has 0 aliphatic heterocycles. The molecule has 0 saturated heterocycles. The summed E-state index contributed by atoms with van der Waals surface area (Å²) >= 11 is 0. The summed E-state index contributed by atoms with van der Waals surface area (Å²) in [7, 11) is 0. The molecule has 2 aromatic carbocycles. The molecule has 0 heterocycles. The van der Waals surface area contributed by atoms with Gasteiger partial charge < -0.3 is 10.6 Å². The lowest BCUT2D eigenvalue weighted by Crippen LogP contribution is -2.25. The standard InChI is InChI=1S/C19H23FN2O/c1-14(2)15-7-9-17(10-8-15)21-12-11-19(23)22-13-16-5-3-4-6-18(16)20/h3-10,14,21H,11-13H2,1-2H3,(H,22,23). The molecule has 4 heteroatoms. The zero-order valence-corrected chi connectivity index (χ0v) is 13.6. The summed E-state index contributed by atoms with van der Waals surface area (Å²) in [4.78, 5) is 11.8. The summed E-state index contributed by atoms with van der Waals surface area (Å²) in [5, 5.41) is 5.95. The van der Waals surface area contributed by atoms with Gasteiger partial charge in [-0.1, -0.05) is 44.2 Å². The number of amides is 1. The van der Waals surface area contributed by atoms with Crippen LogP contribution >= 0.6 is 0 Å². The molecular weight excluding hydrogens is 291 g/mol. The van der Waals surface area contributed by atoms with E-state index < -0.39 is 0 Å². The molecule has 122 valence electrons. The molecule has 0 aromatic heterocycles. The van der Waals surface area contributed by atoms with Crippen LogP contribution in [-0.2, 0) is 11.3 Å². The van der Waals surface area contributed by atoms with E-state index in [1.165, 1.54) is 11.6 Å². The van der Waals surface area contributed by atoms with Crippen LogP contribution in [-0.4, -0.2) is 12.5 Å². The average molecular weight is 314 g/mol. The van der Waals surface area contributed by atoms with Gasteiger partial charge >= 0.3 is 0 Å². The number of rotatable bonds is 7. The van der Waals surface area contributed by atoms with Crippen molar-refractivity contribution in [1.82, 2.24) is 5.32 Å². The SMILES string of the molecule is CC(C)c1ccc(NCCC(=O)NCc2ccccc2F)cc1. The third-order valence-electron chi connectivity index (χ3n) is 3.69. The van der Waals surface area contributed by atoms with Crippen molar-refractivity contribution < 1.29 is 9.18 Å². The summed E-state index contributed by atoms with van der Waals surface area (Å²) in [6.45, 7) is 5.07. The second-order valence-electron chi connectivity index (χ2n) is 5.82. The molecule has 0 unspecified atom stereocenters. The van der Waals surface area contributed by atoms with Crippen LogP contribution in [0.4, 0.5) is 10.1 Å². The molecular formula is C19H23FN2O. The molecule has 0 aliphatic carbocycles. The van der Waals surface area contributed by atoms with E-state index in [0.29, 0.717) is 24.4 Å². The Labute approximate surface area is 136 Å². The Balaban J connectivity index is 1.71. The quantitative estimate of drug-likeness (QED) is 0.809. The van der Waals surface area contributed by atoms with Crippen molar-refractivity contribution in [2.75, 3.05) is 11.9 Å². The first-order valence-electron chi connectivity index (χ1n) is 7.90. The van der Waals surface area contributed by atoms with Gasteiger partial charge in [0.2, 0.25) is 5.91 Å². The molecule has 23 heavy (non-hydrogen) atoms. The summed E-state index contributed by atoms with van der Waals surface area (Å²) in [5.74, 6) is 0.115. The van der Waals surface area contributed by atoms with Crippen LogP contribution < -0.4 is 10.6 Å². The van der Waals surface area contributed by atoms with Crippen LogP contribution in [0.1, 0.15) is 37.3 Å². The Hall–Kier alpha value is -2.36. The van der Waals surface area contributed by atoms with Gasteiger partial charge in [0.25, 0.3) is 0 Å². The van der Waals surface area contributed by atoms with E-state index in [0.717, 1.165) is 5.69 Å². The zero-order valence-electron chi connectivity index (χ0n) is 13.6. The van der Waals surface area contributed by atoms with Crippen LogP contribution in [0.25, 0.3) is 0 Å². The highest BCUT2D eigenvalue weighted by molar-refractivity contribution is 5.76. The summed E-state index contributed by atoms with van der Waals surface area (Å²) in [6, 6.07) is 14.7. The highest BCUT2D eigenvalue weighted by Crippen LogP contribution is 2.17. The molecule has 0 atom stereocenters. The Morgan fingerprint density at radius 3 is 2.43 bits per heavy atom. The fourth-order valence-electron chi connectivity index (χ4n) is 2.23. The van der Waals surface area contributed by atoms with Crippen LogP contribution in [0, 0.1) is 5.82 Å². The van der Waals surface area contributed by atoms with Gasteiger partial charge in [-0.05, 0) is 29.7 Å². The number of halogens is 1. The lowest BCUT2D eigenvalue weighted by molar-refractivity contribution is -0.121. The van der Waals surface area contributed by atoms with Gasteiger partial charge in [0.15, 0.2) is 0 Å². The van der Waals surface area contributed by atoms with Gasteiger partial charge in [-0.25, -0.2) is 4.39 Å². The van der Waals surface area contributed by atoms with E-state index in [9.17, 15) is 9.18 Å². The molecule has 0 aliphatic rings. The maximum atomic E-state index is 13.4. The minimum absolute atomic E-state index is 0.0976. The number of anilines is 1. The first-order chi connectivity index (χ1) is 11.1. The first kappa shape index (κ1) is 17.0. The number of carbonyl (C=O) groups excluding carboxylic acids is 1. The third kappa shape index (κ3) is 5.40. The van der Waals surface area contributed by atoms with Crippen molar-refractivity contribution in [3.8, 4) is 0 Å². The Bertz CT molecular complexity index is 638. The first-order valence-corrected chi connectivity index (χ1v) is 7.90. The van der Waals surface area contributed by atoms with Crippen LogP contribution in [0.5, 0.6) is 0 Å². The fraction of sp³-hybridized carbons (Fsp3) is 0.316. The Kier molecular flexibility index (Phi) is 6.15. The van der Waals surface area contributed by atoms with Gasteiger partial charge in [-0.3, -0.25) is 4.79 Å². The molecule has 0 fully saturated rings. The maximum Gasteiger partial charge on any atom is 0.222 e. The van der Waals surface area contributed by atoms with E-state index in [2.05, 4.69) is 36.6 Å². The molecule has 3 nitrogen and oxygen atoms in total. The van der Waals surface area contributed by atoms with E-state index in [-0.39, 0.29) is 18.3 Å². The van der Waals surface area contributed by atoms with Crippen molar-refractivity contribution >= 4 is 11.6 Å². The van der Waals surface area contributed by atoms with Crippen LogP contribution in [0.2, 0.25) is 0 Å². The van der Waals surface area contributed by atoms with Gasteiger partial charge in [0.05, 0.1) is 0 Å². The molecule has 0 bridgehead atoms. The van der Waals surface area contributed by atoms with Gasteiger partial charge in [0.1, 0.15) is 5.82 Å². The van der Waals surface area contributed by atoms with E-state index in [1.807, 2.05) is 12.1 Å². The number of nitrogens with one attached hydrogen (secondary N) is 2. The van der Waals surface area contributed by atoms with Crippen molar-refractivity contribution in [2.45, 2.75) is 32.7 Å². The smallest absolute Gasteiger partial charge is 0.222 e. The number of carbonyl (C=O) groups is 1. The van der Waals surface area contributed by atoms with E-state index >= 15 is 0 Å². The zero-order chi connectivity index (χ0) is 16.7. The molecule has 1 amide bonds. The molecule has 2 aromatic rings. The summed E-state index contributed by atoms with van der Waals surface area (Å²) in [5.41, 5.74) is 2.78. The Morgan fingerprint density at radius 1 is 1.09 bits per heavy atom. The lowest BCUT2D eigenvalue weighted by Gasteiger charge is -2.10. The normalized spacial score (nSPS) is 10.6. The molecule has 0 radical (unpaired) electrons. The monoisotopic (exact) mass is 314 g/mol. The average Bonchev–Trinajstić information content (AvgIpc) is 2.54. The van der Waals surface area contributed by atoms with Gasteiger partial charge in [-0.15, -0.1) is 0 Å². The number of benzene rings is 2. The molecule has 2 N–H and O–H groups in total. The largest absolute Gasteiger partial charge is 0.385 e. The second-order valence-corrected chi connectivity index (χ2v) is 5.82. The van der Waals surface area contributed by atoms with Crippen molar-refractivity contribution in [3.05, 3.63) is 65.5 Å². The highest BCUT2D eigenvalue weighted by atomic mass is 19.1.